The molecule has 1 amide bonds. The lowest BCUT2D eigenvalue weighted by Gasteiger charge is -2.42. The molecule has 1 aromatic carbocycles. The minimum absolute atomic E-state index is 0.141. The number of hydrogen-bond donors (Lipinski definition) is 2. The average Bonchev–Trinajstić information content (AvgIpc) is 2.41. The maximum atomic E-state index is 13.8. The van der Waals surface area contributed by atoms with Gasteiger partial charge in [-0.3, -0.25) is 4.79 Å². The van der Waals surface area contributed by atoms with Crippen molar-refractivity contribution in [1.29, 1.82) is 0 Å². The van der Waals surface area contributed by atoms with Gasteiger partial charge in [0.25, 0.3) is 5.91 Å². The Kier molecular flexibility index (Phi) is 4.40. The van der Waals surface area contributed by atoms with E-state index in [0.717, 1.165) is 37.8 Å². The summed E-state index contributed by atoms with van der Waals surface area (Å²) in [6.45, 7) is 2.03. The molecule has 5 heteroatoms. The first-order valence-corrected chi connectivity index (χ1v) is 6.99. The van der Waals surface area contributed by atoms with Crippen molar-refractivity contribution in [3.8, 4) is 0 Å². The molecule has 2 rings (SSSR count). The van der Waals surface area contributed by atoms with Crippen molar-refractivity contribution in [1.82, 2.24) is 5.32 Å². The average molecular weight is 291 g/mol. The van der Waals surface area contributed by atoms with Gasteiger partial charge in [-0.05, 0) is 43.9 Å². The summed E-state index contributed by atoms with van der Waals surface area (Å²) in [4.78, 5) is 22.6. The maximum Gasteiger partial charge on any atom is 0.328 e. The van der Waals surface area contributed by atoms with Crippen LogP contribution in [0.4, 0.5) is 4.39 Å². The molecule has 0 saturated heterocycles. The fourth-order valence-electron chi connectivity index (χ4n) is 2.45. The molecule has 1 saturated carbocycles. The molecule has 1 aliphatic rings. The SMILES string of the molecule is CCC1(NC(=O)c2ccc(/C=C/C(=O)O)c(F)c2)CCC1. The summed E-state index contributed by atoms with van der Waals surface area (Å²) in [5.74, 6) is -2.05. The van der Waals surface area contributed by atoms with Crippen LogP contribution in [0.3, 0.4) is 0 Å². The molecule has 2 N–H and O–H groups in total. The Labute approximate surface area is 122 Å². The molecular weight excluding hydrogens is 273 g/mol. The van der Waals surface area contributed by atoms with Crippen molar-refractivity contribution in [3.05, 3.63) is 41.2 Å². The predicted octanol–water partition coefficient (Wildman–Crippen LogP) is 2.99. The van der Waals surface area contributed by atoms with Crippen molar-refractivity contribution in [3.63, 3.8) is 0 Å². The van der Waals surface area contributed by atoms with Crippen LogP contribution in [0.25, 0.3) is 6.08 Å². The standard InChI is InChI=1S/C16H18FNO3/c1-2-16(8-3-9-16)18-15(21)12-5-4-11(13(17)10-12)6-7-14(19)20/h4-7,10H,2-3,8-9H2,1H3,(H,18,21)(H,19,20)/b7-6+. The zero-order valence-electron chi connectivity index (χ0n) is 11.9. The normalized spacial score (nSPS) is 16.5. The number of nitrogens with one attached hydrogen (secondary N) is 1. The number of benzene rings is 1. The Morgan fingerprint density at radius 1 is 1.43 bits per heavy atom. The smallest absolute Gasteiger partial charge is 0.328 e. The number of rotatable bonds is 5. The summed E-state index contributed by atoms with van der Waals surface area (Å²) in [5.41, 5.74) is 0.248. The first-order chi connectivity index (χ1) is 9.96. The van der Waals surface area contributed by atoms with Crippen molar-refractivity contribution in [2.75, 3.05) is 0 Å². The van der Waals surface area contributed by atoms with Crippen LogP contribution in [0.1, 0.15) is 48.5 Å². The highest BCUT2D eigenvalue weighted by Gasteiger charge is 2.36. The maximum absolute atomic E-state index is 13.8. The second-order valence-electron chi connectivity index (χ2n) is 5.35. The molecule has 21 heavy (non-hydrogen) atoms. The zero-order chi connectivity index (χ0) is 15.5. The van der Waals surface area contributed by atoms with E-state index in [-0.39, 0.29) is 22.6 Å². The molecule has 0 bridgehead atoms. The zero-order valence-corrected chi connectivity index (χ0v) is 11.9. The van der Waals surface area contributed by atoms with Crippen LogP contribution in [0, 0.1) is 5.82 Å². The number of aliphatic carboxylic acids is 1. The van der Waals surface area contributed by atoms with Gasteiger partial charge in [0.2, 0.25) is 0 Å². The van der Waals surface area contributed by atoms with Crippen LogP contribution >= 0.6 is 0 Å². The van der Waals surface area contributed by atoms with Gasteiger partial charge in [0, 0.05) is 22.7 Å². The molecule has 4 nitrogen and oxygen atoms in total. The van der Waals surface area contributed by atoms with Gasteiger partial charge in [-0.2, -0.15) is 0 Å². The topological polar surface area (TPSA) is 66.4 Å². The number of carboxylic acid groups (broad SMARTS) is 1. The molecule has 0 spiro atoms. The lowest BCUT2D eigenvalue weighted by atomic mass is 9.74. The van der Waals surface area contributed by atoms with E-state index in [4.69, 9.17) is 5.11 Å². The molecule has 0 atom stereocenters. The largest absolute Gasteiger partial charge is 0.478 e. The third kappa shape index (κ3) is 3.48. The molecule has 0 aromatic heterocycles. The van der Waals surface area contributed by atoms with E-state index in [1.54, 1.807) is 0 Å². The second kappa shape index (κ2) is 6.08. The Hall–Kier alpha value is -2.17. The molecule has 1 fully saturated rings. The molecule has 1 aliphatic carbocycles. The molecule has 112 valence electrons. The third-order valence-electron chi connectivity index (χ3n) is 4.03. The first kappa shape index (κ1) is 15.2. The van der Waals surface area contributed by atoms with Crippen LogP contribution in [0.15, 0.2) is 24.3 Å². The highest BCUT2D eigenvalue weighted by Crippen LogP contribution is 2.34. The van der Waals surface area contributed by atoms with Gasteiger partial charge in [0.1, 0.15) is 5.82 Å². The summed E-state index contributed by atoms with van der Waals surface area (Å²) in [5, 5.41) is 11.5. The lowest BCUT2D eigenvalue weighted by Crippen LogP contribution is -2.52. The van der Waals surface area contributed by atoms with E-state index in [1.165, 1.54) is 18.2 Å². The van der Waals surface area contributed by atoms with Crippen LogP contribution in [-0.2, 0) is 4.79 Å². The summed E-state index contributed by atoms with van der Waals surface area (Å²) >= 11 is 0. The number of carbonyl (C=O) groups is 2. The summed E-state index contributed by atoms with van der Waals surface area (Å²) < 4.78 is 13.8. The third-order valence-corrected chi connectivity index (χ3v) is 4.03. The number of amides is 1. The van der Waals surface area contributed by atoms with E-state index in [0.29, 0.717) is 0 Å². The highest BCUT2D eigenvalue weighted by molar-refractivity contribution is 5.95. The fourth-order valence-corrected chi connectivity index (χ4v) is 2.45. The number of carboxylic acids is 1. The van der Waals surface area contributed by atoms with Gasteiger partial charge in [-0.15, -0.1) is 0 Å². The Balaban J connectivity index is 2.12. The van der Waals surface area contributed by atoms with Gasteiger partial charge in [-0.25, -0.2) is 9.18 Å². The Bertz CT molecular complexity index is 586. The number of hydrogen-bond acceptors (Lipinski definition) is 2. The first-order valence-electron chi connectivity index (χ1n) is 6.99. The molecule has 0 radical (unpaired) electrons. The van der Waals surface area contributed by atoms with Crippen molar-refractivity contribution in [2.45, 2.75) is 38.1 Å². The molecule has 0 aliphatic heterocycles. The van der Waals surface area contributed by atoms with Crippen molar-refractivity contribution in [2.24, 2.45) is 0 Å². The minimum Gasteiger partial charge on any atom is -0.478 e. The summed E-state index contributed by atoms with van der Waals surface area (Å²) in [6, 6.07) is 4.05. The fraction of sp³-hybridized carbons (Fsp3) is 0.375. The van der Waals surface area contributed by atoms with Crippen molar-refractivity contribution < 1.29 is 19.1 Å². The van der Waals surface area contributed by atoms with E-state index in [1.807, 2.05) is 6.92 Å². The number of halogens is 1. The van der Waals surface area contributed by atoms with Gasteiger partial charge < -0.3 is 10.4 Å². The van der Waals surface area contributed by atoms with Gasteiger partial charge in [-0.1, -0.05) is 13.0 Å². The van der Waals surface area contributed by atoms with E-state index < -0.39 is 11.8 Å². The van der Waals surface area contributed by atoms with Crippen LogP contribution in [-0.4, -0.2) is 22.5 Å². The summed E-state index contributed by atoms with van der Waals surface area (Å²) in [6.07, 6.45) is 5.90. The van der Waals surface area contributed by atoms with Gasteiger partial charge >= 0.3 is 5.97 Å². The van der Waals surface area contributed by atoms with E-state index in [9.17, 15) is 14.0 Å². The van der Waals surface area contributed by atoms with Gasteiger partial charge in [0.05, 0.1) is 0 Å². The lowest BCUT2D eigenvalue weighted by molar-refractivity contribution is -0.131. The molecule has 1 aromatic rings. The quantitative estimate of drug-likeness (QED) is 0.820. The molecule has 0 heterocycles. The van der Waals surface area contributed by atoms with Crippen LogP contribution < -0.4 is 5.32 Å². The summed E-state index contributed by atoms with van der Waals surface area (Å²) in [7, 11) is 0. The minimum atomic E-state index is -1.15. The van der Waals surface area contributed by atoms with Crippen LogP contribution in [0.2, 0.25) is 0 Å². The Morgan fingerprint density at radius 2 is 2.14 bits per heavy atom. The van der Waals surface area contributed by atoms with E-state index >= 15 is 0 Å². The van der Waals surface area contributed by atoms with Crippen LogP contribution in [0.5, 0.6) is 0 Å². The number of carbonyl (C=O) groups excluding carboxylic acids is 1. The predicted molar refractivity (Wildman–Crippen MR) is 77.4 cm³/mol. The van der Waals surface area contributed by atoms with Gasteiger partial charge in [0.15, 0.2) is 0 Å². The Morgan fingerprint density at radius 3 is 2.62 bits per heavy atom. The highest BCUT2D eigenvalue weighted by atomic mass is 19.1. The van der Waals surface area contributed by atoms with Crippen molar-refractivity contribution >= 4 is 18.0 Å². The second-order valence-corrected chi connectivity index (χ2v) is 5.35. The monoisotopic (exact) mass is 291 g/mol. The molecule has 0 unspecified atom stereocenters. The van der Waals surface area contributed by atoms with E-state index in [2.05, 4.69) is 5.32 Å². The molecular formula is C16H18FNO3.